The van der Waals surface area contributed by atoms with Gasteiger partial charge < -0.3 is 15.6 Å². The van der Waals surface area contributed by atoms with Crippen LogP contribution in [0.15, 0.2) is 35.4 Å². The molecule has 0 spiro atoms. The van der Waals surface area contributed by atoms with Crippen molar-refractivity contribution in [3.8, 4) is 11.5 Å². The van der Waals surface area contributed by atoms with Crippen LogP contribution in [0.2, 0.25) is 5.02 Å². The van der Waals surface area contributed by atoms with Crippen molar-refractivity contribution in [3.05, 3.63) is 46.5 Å². The lowest BCUT2D eigenvalue weighted by Crippen LogP contribution is -2.17. The lowest BCUT2D eigenvalue weighted by Gasteiger charge is -2.08. The largest absolute Gasteiger partial charge is 0.503 e. The zero-order valence-electron chi connectivity index (χ0n) is 13.7. The molecule has 0 fully saturated rings. The number of amides is 1. The number of carbonyl (C=O) groups excluding carboxylic acids is 1. The van der Waals surface area contributed by atoms with E-state index >= 15 is 0 Å². The molecular formula is C17H15ClN4O3S. The van der Waals surface area contributed by atoms with E-state index in [4.69, 9.17) is 22.1 Å². The summed E-state index contributed by atoms with van der Waals surface area (Å²) in [6, 6.07) is 8.18. The number of hydrogen-bond acceptors (Lipinski definition) is 7. The number of nitrogens with two attached hydrogens (primary N) is 1. The van der Waals surface area contributed by atoms with Crippen LogP contribution in [0.25, 0.3) is 10.2 Å². The molecule has 0 atom stereocenters. The number of benzene rings is 2. The molecule has 0 bridgehead atoms. The predicted molar refractivity (Wildman–Crippen MR) is 103 cm³/mol. The topological polar surface area (TPSA) is 110 Å². The minimum atomic E-state index is -0.370. The number of ether oxygens (including phenoxy) is 1. The van der Waals surface area contributed by atoms with Crippen molar-refractivity contribution in [2.45, 2.75) is 6.92 Å². The number of fused-ring (bicyclic) bond motifs is 1. The number of aromatic nitrogens is 1. The summed E-state index contributed by atoms with van der Waals surface area (Å²) >= 11 is 7.27. The van der Waals surface area contributed by atoms with Gasteiger partial charge in [0.1, 0.15) is 0 Å². The highest BCUT2D eigenvalue weighted by atomic mass is 35.5. The number of nitrogens with one attached hydrogen (secondary N) is 1. The summed E-state index contributed by atoms with van der Waals surface area (Å²) in [4.78, 5) is 16.4. The maximum absolute atomic E-state index is 12.2. The fraction of sp³-hybridized carbons (Fsp3) is 0.118. The second kappa shape index (κ2) is 7.59. The van der Waals surface area contributed by atoms with E-state index in [0.717, 1.165) is 10.2 Å². The number of halogens is 1. The number of phenols is 1. The minimum absolute atomic E-state index is 0.133. The average Bonchev–Trinajstić information content (AvgIpc) is 2.98. The van der Waals surface area contributed by atoms with Gasteiger partial charge in [0.05, 0.1) is 28.1 Å². The molecule has 4 N–H and O–H groups in total. The van der Waals surface area contributed by atoms with E-state index < -0.39 is 0 Å². The molecule has 134 valence electrons. The Hall–Kier alpha value is -2.84. The number of phenolic OH excluding ortho intramolecular Hbond substituents is 1. The summed E-state index contributed by atoms with van der Waals surface area (Å²) in [7, 11) is 0. The van der Waals surface area contributed by atoms with Crippen LogP contribution in [0, 0.1) is 0 Å². The number of nitrogen functional groups attached to an aromatic ring is 1. The van der Waals surface area contributed by atoms with Crippen LogP contribution in [0.1, 0.15) is 22.8 Å². The molecule has 0 aliphatic rings. The molecular weight excluding hydrogens is 376 g/mol. The van der Waals surface area contributed by atoms with Gasteiger partial charge in [-0.25, -0.2) is 10.4 Å². The van der Waals surface area contributed by atoms with Crippen LogP contribution in [0.4, 0.5) is 5.13 Å². The molecule has 26 heavy (non-hydrogen) atoms. The zero-order valence-corrected chi connectivity index (χ0v) is 15.3. The van der Waals surface area contributed by atoms with E-state index in [9.17, 15) is 9.90 Å². The highest BCUT2D eigenvalue weighted by Gasteiger charge is 2.10. The van der Waals surface area contributed by atoms with Gasteiger partial charge in [-0.2, -0.15) is 5.10 Å². The van der Waals surface area contributed by atoms with Gasteiger partial charge in [-0.3, -0.25) is 4.79 Å². The summed E-state index contributed by atoms with van der Waals surface area (Å²) in [5.74, 6) is -0.252. The van der Waals surface area contributed by atoms with Gasteiger partial charge in [0.2, 0.25) is 0 Å². The highest BCUT2D eigenvalue weighted by molar-refractivity contribution is 7.22. The molecule has 0 radical (unpaired) electrons. The summed E-state index contributed by atoms with van der Waals surface area (Å²) in [6.45, 7) is 2.17. The van der Waals surface area contributed by atoms with Crippen molar-refractivity contribution in [2.24, 2.45) is 5.10 Å². The van der Waals surface area contributed by atoms with Gasteiger partial charge >= 0.3 is 0 Å². The maximum Gasteiger partial charge on any atom is 0.271 e. The fourth-order valence-corrected chi connectivity index (χ4v) is 3.24. The molecule has 9 heteroatoms. The highest BCUT2D eigenvalue weighted by Crippen LogP contribution is 2.34. The number of anilines is 1. The molecule has 1 aromatic heterocycles. The van der Waals surface area contributed by atoms with Gasteiger partial charge in [0.15, 0.2) is 16.6 Å². The molecule has 0 saturated carbocycles. The van der Waals surface area contributed by atoms with Crippen molar-refractivity contribution < 1.29 is 14.6 Å². The number of rotatable bonds is 5. The Morgan fingerprint density at radius 3 is 3.04 bits per heavy atom. The van der Waals surface area contributed by atoms with Gasteiger partial charge in [-0.05, 0) is 42.8 Å². The molecule has 7 nitrogen and oxygen atoms in total. The zero-order chi connectivity index (χ0) is 18.7. The Kier molecular flexibility index (Phi) is 5.24. The summed E-state index contributed by atoms with van der Waals surface area (Å²) < 4.78 is 6.12. The van der Waals surface area contributed by atoms with Gasteiger partial charge in [-0.15, -0.1) is 0 Å². The van der Waals surface area contributed by atoms with Crippen LogP contribution in [0.3, 0.4) is 0 Å². The van der Waals surface area contributed by atoms with Gasteiger partial charge in [0, 0.05) is 5.56 Å². The third kappa shape index (κ3) is 3.87. The number of hydrogen-bond donors (Lipinski definition) is 3. The van der Waals surface area contributed by atoms with Crippen molar-refractivity contribution in [1.82, 2.24) is 10.4 Å². The number of hydrazone groups is 1. The molecule has 3 aromatic rings. The molecule has 1 amide bonds. The molecule has 0 saturated heterocycles. The first-order chi connectivity index (χ1) is 12.5. The normalized spacial score (nSPS) is 11.2. The van der Waals surface area contributed by atoms with E-state index in [1.54, 1.807) is 31.2 Å². The lowest BCUT2D eigenvalue weighted by atomic mass is 10.2. The molecule has 3 rings (SSSR count). The fourth-order valence-electron chi connectivity index (χ4n) is 2.25. The number of carbonyl (C=O) groups is 1. The van der Waals surface area contributed by atoms with E-state index in [0.29, 0.717) is 22.9 Å². The summed E-state index contributed by atoms with van der Waals surface area (Å²) in [6.07, 6.45) is 1.41. The summed E-state index contributed by atoms with van der Waals surface area (Å²) in [5.41, 5.74) is 9.86. The van der Waals surface area contributed by atoms with Gasteiger partial charge in [-0.1, -0.05) is 22.9 Å². The first-order valence-corrected chi connectivity index (χ1v) is 8.82. The quantitative estimate of drug-likeness (QED) is 0.457. The van der Waals surface area contributed by atoms with Crippen LogP contribution >= 0.6 is 22.9 Å². The molecule has 0 unspecified atom stereocenters. The van der Waals surface area contributed by atoms with Crippen molar-refractivity contribution in [3.63, 3.8) is 0 Å². The average molecular weight is 391 g/mol. The lowest BCUT2D eigenvalue weighted by molar-refractivity contribution is 0.0955. The van der Waals surface area contributed by atoms with Crippen LogP contribution < -0.4 is 15.9 Å². The Bertz CT molecular complexity index is 1000. The standard InChI is InChI=1S/C17H15ClN4O3S/c1-2-25-13-6-9(5-11(18)15(13)23)8-20-22-16(24)10-3-4-12-14(7-10)26-17(19)21-12/h3-8,23H,2H2,1H3,(H2,19,21)(H,22,24)/b20-8-. The number of thiazole rings is 1. The van der Waals surface area contributed by atoms with E-state index in [2.05, 4.69) is 15.5 Å². The maximum atomic E-state index is 12.2. The first-order valence-electron chi connectivity index (χ1n) is 7.62. The number of nitrogens with zero attached hydrogens (tertiary/aromatic N) is 2. The van der Waals surface area contributed by atoms with E-state index in [1.807, 2.05) is 0 Å². The van der Waals surface area contributed by atoms with Crippen molar-refractivity contribution in [1.29, 1.82) is 0 Å². The first kappa shape index (κ1) is 18.0. The second-order valence-corrected chi connectivity index (χ2v) is 6.69. The molecule has 0 aliphatic carbocycles. The van der Waals surface area contributed by atoms with E-state index in [1.165, 1.54) is 23.6 Å². The Morgan fingerprint density at radius 2 is 2.27 bits per heavy atom. The summed E-state index contributed by atoms with van der Waals surface area (Å²) in [5, 5.41) is 14.3. The van der Waals surface area contributed by atoms with Crippen molar-refractivity contribution >= 4 is 50.4 Å². The Morgan fingerprint density at radius 1 is 1.46 bits per heavy atom. The third-order valence-electron chi connectivity index (χ3n) is 3.40. The third-order valence-corrected chi connectivity index (χ3v) is 4.53. The second-order valence-electron chi connectivity index (χ2n) is 5.22. The van der Waals surface area contributed by atoms with Crippen LogP contribution in [-0.2, 0) is 0 Å². The molecule has 1 heterocycles. The Labute approximate surface area is 158 Å². The number of aromatic hydroxyl groups is 1. The molecule has 2 aromatic carbocycles. The molecule has 0 aliphatic heterocycles. The smallest absolute Gasteiger partial charge is 0.271 e. The predicted octanol–water partition coefficient (Wildman–Crippen LogP) is 3.40. The van der Waals surface area contributed by atoms with Crippen LogP contribution in [-0.4, -0.2) is 28.8 Å². The SMILES string of the molecule is CCOc1cc(/C=N\NC(=O)c2ccc3nc(N)sc3c2)cc(Cl)c1O. The van der Waals surface area contributed by atoms with Gasteiger partial charge in [0.25, 0.3) is 5.91 Å². The Balaban J connectivity index is 1.73. The van der Waals surface area contributed by atoms with Crippen LogP contribution in [0.5, 0.6) is 11.5 Å². The minimum Gasteiger partial charge on any atom is -0.503 e. The van der Waals surface area contributed by atoms with Crippen molar-refractivity contribution in [2.75, 3.05) is 12.3 Å². The monoisotopic (exact) mass is 390 g/mol. The van der Waals surface area contributed by atoms with E-state index in [-0.39, 0.29) is 22.4 Å².